The van der Waals surface area contributed by atoms with Gasteiger partial charge in [-0.15, -0.1) is 11.3 Å². The Labute approximate surface area is 124 Å². The lowest BCUT2D eigenvalue weighted by Gasteiger charge is -2.19. The number of hydrogen-bond acceptors (Lipinski definition) is 5. The number of pyridine rings is 1. The van der Waals surface area contributed by atoms with Gasteiger partial charge in [-0.3, -0.25) is 0 Å². The Morgan fingerprint density at radius 2 is 2.30 bits per heavy atom. The van der Waals surface area contributed by atoms with Crippen molar-refractivity contribution in [2.45, 2.75) is 32.7 Å². The molecule has 0 radical (unpaired) electrons. The molecule has 1 unspecified atom stereocenters. The summed E-state index contributed by atoms with van der Waals surface area (Å²) in [7, 11) is 1.66. The molecule has 0 saturated carbocycles. The summed E-state index contributed by atoms with van der Waals surface area (Å²) in [5.74, 6) is 0.688. The standard InChI is InChI=1S/C15H21N3OS/c1-4-7-16-14(9-12-10-20-11(2)18-12)13-6-5-8-17-15(13)19-3/h5-6,8,10,14,16H,4,7,9H2,1-3H3. The molecule has 2 heterocycles. The summed E-state index contributed by atoms with van der Waals surface area (Å²) < 4.78 is 5.38. The molecule has 2 aromatic heterocycles. The molecule has 0 aliphatic rings. The van der Waals surface area contributed by atoms with Gasteiger partial charge in [0.15, 0.2) is 0 Å². The SMILES string of the molecule is CCCNC(Cc1csc(C)n1)c1cccnc1OC. The topological polar surface area (TPSA) is 47.0 Å². The van der Waals surface area contributed by atoms with E-state index < -0.39 is 0 Å². The maximum absolute atomic E-state index is 5.38. The Morgan fingerprint density at radius 1 is 1.45 bits per heavy atom. The lowest BCUT2D eigenvalue weighted by Crippen LogP contribution is -2.25. The molecule has 2 rings (SSSR count). The second-order valence-corrected chi connectivity index (χ2v) is 5.73. The molecule has 0 saturated heterocycles. The van der Waals surface area contributed by atoms with Gasteiger partial charge in [-0.1, -0.05) is 13.0 Å². The fourth-order valence-corrected chi connectivity index (χ4v) is 2.79. The average Bonchev–Trinajstić information content (AvgIpc) is 2.88. The first-order valence-electron chi connectivity index (χ1n) is 6.88. The molecule has 1 N–H and O–H groups in total. The minimum absolute atomic E-state index is 0.181. The fourth-order valence-electron chi connectivity index (χ4n) is 2.16. The van der Waals surface area contributed by atoms with Gasteiger partial charge in [0.05, 0.1) is 17.8 Å². The van der Waals surface area contributed by atoms with E-state index in [9.17, 15) is 0 Å². The summed E-state index contributed by atoms with van der Waals surface area (Å²) in [6, 6.07) is 4.20. The highest BCUT2D eigenvalue weighted by molar-refractivity contribution is 7.09. The number of aryl methyl sites for hydroxylation is 1. The van der Waals surface area contributed by atoms with Gasteiger partial charge in [0.1, 0.15) is 0 Å². The number of aromatic nitrogens is 2. The van der Waals surface area contributed by atoms with Crippen molar-refractivity contribution in [3.63, 3.8) is 0 Å². The lowest BCUT2D eigenvalue weighted by molar-refractivity contribution is 0.381. The van der Waals surface area contributed by atoms with Crippen LogP contribution in [0.15, 0.2) is 23.7 Å². The zero-order valence-electron chi connectivity index (χ0n) is 12.2. The third kappa shape index (κ3) is 3.77. The van der Waals surface area contributed by atoms with Gasteiger partial charge in [0, 0.05) is 29.6 Å². The summed E-state index contributed by atoms with van der Waals surface area (Å²) in [6.07, 6.45) is 3.70. The van der Waals surface area contributed by atoms with E-state index in [1.807, 2.05) is 13.0 Å². The zero-order chi connectivity index (χ0) is 14.4. The molecule has 5 heteroatoms. The van der Waals surface area contributed by atoms with Gasteiger partial charge >= 0.3 is 0 Å². The van der Waals surface area contributed by atoms with E-state index in [2.05, 4.69) is 33.7 Å². The molecule has 108 valence electrons. The molecule has 0 bridgehead atoms. The number of hydrogen-bond donors (Lipinski definition) is 1. The summed E-state index contributed by atoms with van der Waals surface area (Å²) >= 11 is 1.69. The molecule has 2 aromatic rings. The average molecular weight is 291 g/mol. The molecule has 0 aromatic carbocycles. The van der Waals surface area contributed by atoms with Crippen LogP contribution >= 0.6 is 11.3 Å². The maximum Gasteiger partial charge on any atom is 0.217 e. The third-order valence-corrected chi connectivity index (χ3v) is 3.91. The lowest BCUT2D eigenvalue weighted by atomic mass is 10.0. The van der Waals surface area contributed by atoms with Crippen molar-refractivity contribution < 1.29 is 4.74 Å². The minimum atomic E-state index is 0.181. The molecular formula is C15H21N3OS. The number of nitrogens with zero attached hydrogens (tertiary/aromatic N) is 2. The van der Waals surface area contributed by atoms with Crippen molar-refractivity contribution >= 4 is 11.3 Å². The van der Waals surface area contributed by atoms with E-state index >= 15 is 0 Å². The van der Waals surface area contributed by atoms with Crippen LogP contribution in [0.2, 0.25) is 0 Å². The predicted octanol–water partition coefficient (Wildman–Crippen LogP) is 3.14. The minimum Gasteiger partial charge on any atom is -0.481 e. The van der Waals surface area contributed by atoms with Crippen molar-refractivity contribution in [2.75, 3.05) is 13.7 Å². The normalized spacial score (nSPS) is 12.3. The van der Waals surface area contributed by atoms with Crippen LogP contribution < -0.4 is 10.1 Å². The van der Waals surface area contributed by atoms with Crippen LogP contribution in [0.3, 0.4) is 0 Å². The number of nitrogens with one attached hydrogen (secondary N) is 1. The predicted molar refractivity (Wildman–Crippen MR) is 82.4 cm³/mol. The quantitative estimate of drug-likeness (QED) is 0.851. The number of thiazole rings is 1. The van der Waals surface area contributed by atoms with Crippen LogP contribution in [0, 0.1) is 6.92 Å². The Kier molecular flexibility index (Phi) is 5.49. The first kappa shape index (κ1) is 14.9. The van der Waals surface area contributed by atoms with Crippen molar-refractivity contribution in [1.29, 1.82) is 0 Å². The van der Waals surface area contributed by atoms with E-state index in [0.29, 0.717) is 5.88 Å². The molecule has 0 aliphatic heterocycles. The van der Waals surface area contributed by atoms with Crippen LogP contribution in [0.4, 0.5) is 0 Å². The zero-order valence-corrected chi connectivity index (χ0v) is 13.0. The Hall–Kier alpha value is -1.46. The number of methoxy groups -OCH3 is 1. The first-order chi connectivity index (χ1) is 9.74. The highest BCUT2D eigenvalue weighted by atomic mass is 32.1. The Morgan fingerprint density at radius 3 is 2.95 bits per heavy atom. The smallest absolute Gasteiger partial charge is 0.217 e. The molecule has 1 atom stereocenters. The summed E-state index contributed by atoms with van der Waals surface area (Å²) in [5, 5.41) is 6.79. The molecule has 0 fully saturated rings. The van der Waals surface area contributed by atoms with E-state index in [-0.39, 0.29) is 6.04 Å². The highest BCUT2D eigenvalue weighted by Crippen LogP contribution is 2.26. The van der Waals surface area contributed by atoms with Crippen LogP contribution in [0.25, 0.3) is 0 Å². The maximum atomic E-state index is 5.38. The molecule has 0 aliphatic carbocycles. The number of ether oxygens (including phenoxy) is 1. The fraction of sp³-hybridized carbons (Fsp3) is 0.467. The molecule has 20 heavy (non-hydrogen) atoms. The van der Waals surface area contributed by atoms with Crippen LogP contribution in [-0.2, 0) is 6.42 Å². The van der Waals surface area contributed by atoms with Crippen molar-refractivity contribution in [2.24, 2.45) is 0 Å². The summed E-state index contributed by atoms with van der Waals surface area (Å²) in [5.41, 5.74) is 2.21. The first-order valence-corrected chi connectivity index (χ1v) is 7.75. The second-order valence-electron chi connectivity index (χ2n) is 4.67. The monoisotopic (exact) mass is 291 g/mol. The van der Waals surface area contributed by atoms with Gasteiger partial charge in [-0.25, -0.2) is 9.97 Å². The van der Waals surface area contributed by atoms with E-state index in [1.165, 1.54) is 0 Å². The van der Waals surface area contributed by atoms with Gasteiger partial charge in [-0.05, 0) is 26.0 Å². The molecule has 4 nitrogen and oxygen atoms in total. The van der Waals surface area contributed by atoms with E-state index in [4.69, 9.17) is 4.74 Å². The number of rotatable bonds is 7. The summed E-state index contributed by atoms with van der Waals surface area (Å²) in [6.45, 7) is 5.16. The van der Waals surface area contributed by atoms with Gasteiger partial charge < -0.3 is 10.1 Å². The van der Waals surface area contributed by atoms with E-state index in [0.717, 1.165) is 35.7 Å². The van der Waals surface area contributed by atoms with Crippen molar-refractivity contribution in [1.82, 2.24) is 15.3 Å². The molecule has 0 amide bonds. The van der Waals surface area contributed by atoms with Gasteiger partial charge in [0.25, 0.3) is 0 Å². The Bertz CT molecular complexity index is 541. The third-order valence-electron chi connectivity index (χ3n) is 3.09. The van der Waals surface area contributed by atoms with Crippen molar-refractivity contribution in [3.05, 3.63) is 40.0 Å². The van der Waals surface area contributed by atoms with E-state index in [1.54, 1.807) is 24.6 Å². The van der Waals surface area contributed by atoms with Crippen molar-refractivity contribution in [3.8, 4) is 5.88 Å². The Balaban J connectivity index is 2.22. The second kappa shape index (κ2) is 7.36. The molecule has 0 spiro atoms. The van der Waals surface area contributed by atoms with Crippen LogP contribution in [0.5, 0.6) is 5.88 Å². The van der Waals surface area contributed by atoms with Gasteiger partial charge in [-0.2, -0.15) is 0 Å². The van der Waals surface area contributed by atoms with Gasteiger partial charge in [0.2, 0.25) is 5.88 Å². The summed E-state index contributed by atoms with van der Waals surface area (Å²) in [4.78, 5) is 8.85. The van der Waals surface area contributed by atoms with Crippen LogP contribution in [-0.4, -0.2) is 23.6 Å². The van der Waals surface area contributed by atoms with Crippen LogP contribution in [0.1, 0.15) is 35.7 Å². The molecular weight excluding hydrogens is 270 g/mol. The highest BCUT2D eigenvalue weighted by Gasteiger charge is 2.17. The largest absolute Gasteiger partial charge is 0.481 e.